The van der Waals surface area contributed by atoms with Crippen LogP contribution >= 0.6 is 0 Å². The smallest absolute Gasteiger partial charge is 0.451 e. The van der Waals surface area contributed by atoms with E-state index in [0.717, 1.165) is 12.0 Å². The molecule has 0 aliphatic carbocycles. The van der Waals surface area contributed by atoms with Crippen LogP contribution in [0.1, 0.15) is 24.8 Å². The van der Waals surface area contributed by atoms with Gasteiger partial charge in [0.25, 0.3) is 0 Å². The summed E-state index contributed by atoms with van der Waals surface area (Å²) >= 11 is 0. The van der Waals surface area contributed by atoms with Crippen molar-refractivity contribution < 1.29 is 19.9 Å². The van der Waals surface area contributed by atoms with Crippen LogP contribution in [0, 0.1) is 23.7 Å². The van der Waals surface area contributed by atoms with Crippen LogP contribution in [-0.2, 0) is 11.2 Å². The van der Waals surface area contributed by atoms with Crippen LogP contribution in [0.25, 0.3) is 0 Å². The molecule has 0 radical (unpaired) electrons. The molecule has 1 unspecified atom stereocenters. The van der Waals surface area contributed by atoms with Crippen LogP contribution < -0.4 is 5.73 Å². The van der Waals surface area contributed by atoms with Crippen molar-refractivity contribution in [1.82, 2.24) is 4.90 Å². The number of benzene rings is 1. The first-order valence-electron chi connectivity index (χ1n) is 9.42. The van der Waals surface area contributed by atoms with Gasteiger partial charge in [-0.15, -0.1) is 12.3 Å². The van der Waals surface area contributed by atoms with E-state index in [4.69, 9.17) is 22.2 Å². The Morgan fingerprint density at radius 2 is 2.11 bits per heavy atom. The standard InChI is InChI=1S/C20H29BN2O4/c1-2-10-20(19(24)25)15-23(13-17(20)9-6-11-21(26)27)14-18(22)12-16-7-4-3-5-8-16/h1,3-5,7-8,17-18,26-27H,6,9-15,22H2,(H,24,25)/t17-,18?,20+/m0/s1. The Bertz CT molecular complexity index is 649. The second-order valence-electron chi connectivity index (χ2n) is 7.59. The number of rotatable bonds is 10. The van der Waals surface area contributed by atoms with Crippen LogP contribution in [0.5, 0.6) is 0 Å². The third kappa shape index (κ3) is 5.81. The van der Waals surface area contributed by atoms with Crippen LogP contribution in [0.15, 0.2) is 30.3 Å². The predicted molar refractivity (Wildman–Crippen MR) is 106 cm³/mol. The highest BCUT2D eigenvalue weighted by Gasteiger charge is 2.51. The molecule has 2 rings (SSSR count). The van der Waals surface area contributed by atoms with E-state index < -0.39 is 18.5 Å². The fraction of sp³-hybridized carbons (Fsp3) is 0.550. The van der Waals surface area contributed by atoms with E-state index in [-0.39, 0.29) is 24.7 Å². The largest absolute Gasteiger partial charge is 0.481 e. The second-order valence-corrected chi connectivity index (χ2v) is 7.59. The molecule has 27 heavy (non-hydrogen) atoms. The first-order valence-corrected chi connectivity index (χ1v) is 9.42. The summed E-state index contributed by atoms with van der Waals surface area (Å²) in [5, 5.41) is 28.0. The van der Waals surface area contributed by atoms with Crippen LogP contribution in [0.4, 0.5) is 0 Å². The molecule has 1 aliphatic rings. The minimum atomic E-state index is -1.37. The minimum absolute atomic E-state index is 0.0947. The lowest BCUT2D eigenvalue weighted by atomic mass is 9.72. The number of likely N-dealkylation sites (tertiary alicyclic amines) is 1. The van der Waals surface area contributed by atoms with Gasteiger partial charge in [-0.05, 0) is 30.6 Å². The van der Waals surface area contributed by atoms with Crippen molar-refractivity contribution in [1.29, 1.82) is 0 Å². The molecule has 0 saturated carbocycles. The lowest BCUT2D eigenvalue weighted by Gasteiger charge is -2.28. The maximum absolute atomic E-state index is 12.1. The fourth-order valence-corrected chi connectivity index (χ4v) is 4.15. The van der Waals surface area contributed by atoms with Crippen molar-refractivity contribution in [2.45, 2.75) is 38.0 Å². The monoisotopic (exact) mass is 372 g/mol. The van der Waals surface area contributed by atoms with E-state index in [1.807, 2.05) is 30.3 Å². The number of carbonyl (C=O) groups is 1. The Labute approximate surface area is 161 Å². The van der Waals surface area contributed by atoms with Gasteiger partial charge in [-0.2, -0.15) is 0 Å². The molecule has 1 aliphatic heterocycles. The Balaban J connectivity index is 2.03. The number of nitrogens with two attached hydrogens (primary N) is 1. The number of carboxylic acid groups (broad SMARTS) is 1. The molecule has 1 fully saturated rings. The van der Waals surface area contributed by atoms with E-state index in [2.05, 4.69) is 10.8 Å². The van der Waals surface area contributed by atoms with E-state index in [0.29, 0.717) is 32.5 Å². The number of aliphatic carboxylic acids is 1. The first-order chi connectivity index (χ1) is 12.9. The molecule has 7 heteroatoms. The van der Waals surface area contributed by atoms with E-state index in [1.54, 1.807) is 0 Å². The Morgan fingerprint density at radius 1 is 1.41 bits per heavy atom. The van der Waals surface area contributed by atoms with Gasteiger partial charge in [-0.3, -0.25) is 4.79 Å². The van der Waals surface area contributed by atoms with E-state index in [1.165, 1.54) is 0 Å². The second kappa shape index (κ2) is 9.91. The van der Waals surface area contributed by atoms with Crippen LogP contribution in [0.3, 0.4) is 0 Å². The highest BCUT2D eigenvalue weighted by molar-refractivity contribution is 6.40. The number of hydrogen-bond donors (Lipinski definition) is 4. The van der Waals surface area contributed by atoms with Gasteiger partial charge in [-0.1, -0.05) is 36.8 Å². The Hall–Kier alpha value is -1.85. The van der Waals surface area contributed by atoms with Gasteiger partial charge in [0.2, 0.25) is 0 Å². The van der Waals surface area contributed by atoms with Gasteiger partial charge < -0.3 is 25.8 Å². The highest BCUT2D eigenvalue weighted by atomic mass is 16.4. The van der Waals surface area contributed by atoms with Crippen LogP contribution in [-0.4, -0.2) is 58.8 Å². The Kier molecular flexibility index (Phi) is 7.87. The summed E-state index contributed by atoms with van der Waals surface area (Å²) in [5.74, 6) is 1.53. The lowest BCUT2D eigenvalue weighted by Crippen LogP contribution is -2.41. The summed E-state index contributed by atoms with van der Waals surface area (Å²) in [4.78, 5) is 14.2. The zero-order valence-electron chi connectivity index (χ0n) is 15.6. The number of carboxylic acids is 1. The summed E-state index contributed by atoms with van der Waals surface area (Å²) in [6.45, 7) is 1.59. The maximum Gasteiger partial charge on any atom is 0.451 e. The quantitative estimate of drug-likeness (QED) is 0.358. The van der Waals surface area contributed by atoms with Crippen molar-refractivity contribution in [3.8, 4) is 12.3 Å². The zero-order chi connectivity index (χ0) is 19.9. The SMILES string of the molecule is C#CC[C@@]1(C(=O)O)CN(CC(N)Cc2ccccc2)C[C@@H]1CCCB(O)O. The number of nitrogens with zero attached hydrogens (tertiary/aromatic N) is 1. The molecule has 1 aromatic rings. The number of hydrogen-bond acceptors (Lipinski definition) is 5. The van der Waals surface area contributed by atoms with Gasteiger partial charge >= 0.3 is 13.1 Å². The van der Waals surface area contributed by atoms with Gasteiger partial charge in [0.15, 0.2) is 0 Å². The van der Waals surface area contributed by atoms with E-state index >= 15 is 0 Å². The normalized spacial score (nSPS) is 23.7. The van der Waals surface area contributed by atoms with Crippen molar-refractivity contribution >= 4 is 13.1 Å². The maximum atomic E-state index is 12.1. The zero-order valence-corrected chi connectivity index (χ0v) is 15.6. The summed E-state index contributed by atoms with van der Waals surface area (Å²) in [6, 6.07) is 9.89. The van der Waals surface area contributed by atoms with Crippen molar-refractivity contribution in [3.63, 3.8) is 0 Å². The first kappa shape index (κ1) is 21.5. The third-order valence-corrected chi connectivity index (χ3v) is 5.46. The minimum Gasteiger partial charge on any atom is -0.481 e. The molecule has 0 amide bonds. The number of terminal acetylenes is 1. The summed E-state index contributed by atoms with van der Waals surface area (Å²) in [7, 11) is -1.37. The topological polar surface area (TPSA) is 107 Å². The van der Waals surface area contributed by atoms with Gasteiger partial charge in [-0.25, -0.2) is 0 Å². The van der Waals surface area contributed by atoms with Gasteiger partial charge in [0.1, 0.15) is 0 Å². The fourth-order valence-electron chi connectivity index (χ4n) is 4.15. The molecule has 1 saturated heterocycles. The molecule has 1 aromatic carbocycles. The average Bonchev–Trinajstić information content (AvgIpc) is 2.94. The van der Waals surface area contributed by atoms with Crippen LogP contribution in [0.2, 0.25) is 6.32 Å². The lowest BCUT2D eigenvalue weighted by molar-refractivity contribution is -0.150. The van der Waals surface area contributed by atoms with Gasteiger partial charge in [0.05, 0.1) is 5.41 Å². The molecule has 0 aromatic heterocycles. The molecule has 6 nitrogen and oxygen atoms in total. The Morgan fingerprint density at radius 3 is 2.70 bits per heavy atom. The van der Waals surface area contributed by atoms with Crippen molar-refractivity contribution in [3.05, 3.63) is 35.9 Å². The molecular formula is C20H29BN2O4. The molecule has 146 valence electrons. The summed E-state index contributed by atoms with van der Waals surface area (Å²) in [5.41, 5.74) is 6.47. The van der Waals surface area contributed by atoms with Crippen molar-refractivity contribution in [2.75, 3.05) is 19.6 Å². The average molecular weight is 372 g/mol. The predicted octanol–water partition coefficient (Wildman–Crippen LogP) is 0.836. The molecular weight excluding hydrogens is 343 g/mol. The highest BCUT2D eigenvalue weighted by Crippen LogP contribution is 2.42. The van der Waals surface area contributed by atoms with Crippen molar-refractivity contribution in [2.24, 2.45) is 17.1 Å². The summed E-state index contributed by atoms with van der Waals surface area (Å²) < 4.78 is 0. The third-order valence-electron chi connectivity index (χ3n) is 5.46. The van der Waals surface area contributed by atoms with E-state index in [9.17, 15) is 9.90 Å². The molecule has 1 heterocycles. The molecule has 3 atom stereocenters. The summed E-state index contributed by atoms with van der Waals surface area (Å²) in [6.07, 6.45) is 7.75. The molecule has 0 spiro atoms. The van der Waals surface area contributed by atoms with Gasteiger partial charge in [0, 0.05) is 32.1 Å². The molecule has 5 N–H and O–H groups in total. The molecule has 0 bridgehead atoms.